The number of rotatable bonds is 7. The topological polar surface area (TPSA) is 69.6 Å². The second-order valence-electron chi connectivity index (χ2n) is 6.11. The highest BCUT2D eigenvalue weighted by atomic mass is 35.5. The molecule has 1 heterocycles. The van der Waals surface area contributed by atoms with Crippen molar-refractivity contribution >= 4 is 62.4 Å². The van der Waals surface area contributed by atoms with Crippen molar-refractivity contribution in [1.82, 2.24) is 5.32 Å². The van der Waals surface area contributed by atoms with Crippen molar-refractivity contribution in [1.29, 1.82) is 0 Å². The van der Waals surface area contributed by atoms with Crippen LogP contribution in [0.4, 0.5) is 10.7 Å². The van der Waals surface area contributed by atoms with Crippen LogP contribution in [0, 0.1) is 0 Å². The maximum absolute atomic E-state index is 13.1. The van der Waals surface area contributed by atoms with Crippen molar-refractivity contribution in [3.05, 3.63) is 81.1 Å². The van der Waals surface area contributed by atoms with Gasteiger partial charge in [-0.15, -0.1) is 11.3 Å². The number of thiophene rings is 1. The number of hydrogen-bond acceptors (Lipinski definition) is 3. The largest absolute Gasteiger partial charge is 0.345 e. The number of anilines is 2. The average Bonchev–Trinajstić information content (AvgIpc) is 3.13. The molecule has 0 aliphatic rings. The molecule has 5 nitrogen and oxygen atoms in total. The fourth-order valence-corrected chi connectivity index (χ4v) is 4.87. The molecule has 0 spiro atoms. The molecule has 3 aromatic rings. The monoisotopic (exact) mass is 468 g/mol. The molecule has 0 radical (unpaired) electrons. The third kappa shape index (κ3) is 5.18. The minimum atomic E-state index is -2.41. The van der Waals surface area contributed by atoms with Gasteiger partial charge in [-0.05, 0) is 42.3 Å². The summed E-state index contributed by atoms with van der Waals surface area (Å²) in [5, 5.41) is 3.77. The zero-order valence-corrected chi connectivity index (χ0v) is 18.5. The predicted octanol–water partition coefficient (Wildman–Crippen LogP) is 6.21. The van der Waals surface area contributed by atoms with E-state index in [-0.39, 0.29) is 17.3 Å². The molecule has 0 fully saturated rings. The van der Waals surface area contributed by atoms with Gasteiger partial charge in [0.1, 0.15) is 5.00 Å². The van der Waals surface area contributed by atoms with Crippen LogP contribution in [0.25, 0.3) is 0 Å². The Morgan fingerprint density at radius 1 is 1.17 bits per heavy atom. The van der Waals surface area contributed by atoms with E-state index in [9.17, 15) is 13.6 Å². The van der Waals surface area contributed by atoms with Crippen LogP contribution < -0.4 is 9.62 Å². The Kier molecular flexibility index (Phi) is 7.32. The second-order valence-corrected chi connectivity index (χ2v) is 9.07. The van der Waals surface area contributed by atoms with Crippen LogP contribution in [-0.4, -0.2) is 14.7 Å². The van der Waals surface area contributed by atoms with Crippen LogP contribution in [0.2, 0.25) is 9.36 Å². The van der Waals surface area contributed by atoms with Crippen LogP contribution >= 0.6 is 34.5 Å². The molecule has 0 bridgehead atoms. The third-order valence-corrected chi connectivity index (χ3v) is 6.53. The van der Waals surface area contributed by atoms with Crippen LogP contribution in [0.1, 0.15) is 35.3 Å². The van der Waals surface area contributed by atoms with Gasteiger partial charge < -0.3 is 5.32 Å². The molecule has 0 saturated heterocycles. The van der Waals surface area contributed by atoms with Crippen molar-refractivity contribution in [2.24, 2.45) is 0 Å². The molecular formula is C20H18Cl2N2O3S2. The van der Waals surface area contributed by atoms with Gasteiger partial charge in [0.2, 0.25) is 0 Å². The number of benzene rings is 2. The van der Waals surface area contributed by atoms with Gasteiger partial charge in [-0.3, -0.25) is 9.35 Å². The van der Waals surface area contributed by atoms with Gasteiger partial charge >= 0.3 is 0 Å². The second kappa shape index (κ2) is 9.73. The lowest BCUT2D eigenvalue weighted by Crippen LogP contribution is -2.30. The lowest BCUT2D eigenvalue weighted by molar-refractivity contribution is 0.0936. The molecule has 0 saturated carbocycles. The van der Waals surface area contributed by atoms with Crippen molar-refractivity contribution in [2.75, 3.05) is 4.31 Å². The fourth-order valence-electron chi connectivity index (χ4n) is 2.90. The molecule has 3 rings (SSSR count). The molecule has 2 N–H and O–H groups in total. The van der Waals surface area contributed by atoms with Crippen molar-refractivity contribution in [2.45, 2.75) is 19.4 Å². The van der Waals surface area contributed by atoms with Gasteiger partial charge in [0.25, 0.3) is 17.2 Å². The van der Waals surface area contributed by atoms with E-state index in [1.54, 1.807) is 24.3 Å². The maximum atomic E-state index is 13.1. The molecule has 0 aliphatic carbocycles. The normalized spacial score (nSPS) is 13.0. The minimum Gasteiger partial charge on any atom is -0.345 e. The van der Waals surface area contributed by atoms with Crippen LogP contribution in [-0.2, 0) is 11.3 Å². The summed E-state index contributed by atoms with van der Waals surface area (Å²) in [7, 11) is 0. The smallest absolute Gasteiger partial charge is 0.267 e. The highest BCUT2D eigenvalue weighted by Crippen LogP contribution is 2.38. The SMILES string of the molecule is CCC(NC(=O)c1cc(Cl)ccc1N(c1ccc(Cl)s1)S(=O)O)c1ccccc1. The molecule has 2 atom stereocenters. The van der Waals surface area contributed by atoms with Gasteiger partial charge in [-0.1, -0.05) is 60.5 Å². The first-order valence-corrected chi connectivity index (χ1v) is 11.4. The summed E-state index contributed by atoms with van der Waals surface area (Å²) >= 11 is 10.8. The van der Waals surface area contributed by atoms with E-state index in [4.69, 9.17) is 23.2 Å². The standard InChI is InChI=1S/C20H18Cl2N2O3S2/c1-2-16(13-6-4-3-5-7-13)23-20(25)15-12-14(21)8-9-17(15)24(29(26)27)19-11-10-18(22)28-19/h3-12,16H,2H2,1H3,(H,23,25)(H,26,27). The number of nitrogens with one attached hydrogen (secondary N) is 1. The van der Waals surface area contributed by atoms with Crippen molar-refractivity contribution < 1.29 is 13.6 Å². The number of hydrogen-bond donors (Lipinski definition) is 2. The summed E-state index contributed by atoms with van der Waals surface area (Å²) in [6.45, 7) is 1.97. The molecule has 9 heteroatoms. The summed E-state index contributed by atoms with van der Waals surface area (Å²) in [6, 6.07) is 17.2. The van der Waals surface area contributed by atoms with E-state index in [1.807, 2.05) is 37.3 Å². The summed E-state index contributed by atoms with van der Waals surface area (Å²) in [5.74, 6) is -0.392. The number of nitrogens with zero attached hydrogens (tertiary/aromatic N) is 1. The number of carbonyl (C=O) groups excluding carboxylic acids is 1. The Hall–Kier alpha value is -1.90. The first-order valence-electron chi connectivity index (χ1n) is 8.72. The Bertz CT molecular complexity index is 1030. The third-order valence-electron chi connectivity index (χ3n) is 4.25. The zero-order valence-electron chi connectivity index (χ0n) is 15.3. The Morgan fingerprint density at radius 3 is 2.48 bits per heavy atom. The van der Waals surface area contributed by atoms with Gasteiger partial charge in [0.15, 0.2) is 0 Å². The van der Waals surface area contributed by atoms with Gasteiger partial charge in [0, 0.05) is 5.02 Å². The van der Waals surface area contributed by atoms with E-state index >= 15 is 0 Å². The molecule has 2 aromatic carbocycles. The van der Waals surface area contributed by atoms with Gasteiger partial charge in [-0.25, -0.2) is 8.51 Å². The van der Waals surface area contributed by atoms with Crippen molar-refractivity contribution in [3.8, 4) is 0 Å². The minimum absolute atomic E-state index is 0.193. The quantitative estimate of drug-likeness (QED) is 0.404. The molecule has 1 aromatic heterocycles. The molecule has 2 unspecified atom stereocenters. The lowest BCUT2D eigenvalue weighted by atomic mass is 10.0. The first kappa shape index (κ1) is 21.8. The van der Waals surface area contributed by atoms with Crippen LogP contribution in [0.15, 0.2) is 60.7 Å². The van der Waals surface area contributed by atoms with Gasteiger partial charge in [-0.2, -0.15) is 0 Å². The fraction of sp³-hybridized carbons (Fsp3) is 0.150. The average molecular weight is 469 g/mol. The Labute approximate surface area is 185 Å². The van der Waals surface area contributed by atoms with Gasteiger partial charge in [0.05, 0.1) is 21.6 Å². The summed E-state index contributed by atoms with van der Waals surface area (Å²) < 4.78 is 23.6. The summed E-state index contributed by atoms with van der Waals surface area (Å²) in [4.78, 5) is 13.1. The van der Waals surface area contributed by atoms with E-state index in [0.717, 1.165) is 21.2 Å². The maximum Gasteiger partial charge on any atom is 0.267 e. The molecule has 0 aliphatic heterocycles. The van der Waals surface area contributed by atoms with E-state index in [2.05, 4.69) is 5.32 Å². The lowest BCUT2D eigenvalue weighted by Gasteiger charge is -2.23. The molecule has 1 amide bonds. The van der Waals surface area contributed by atoms with Crippen LogP contribution in [0.3, 0.4) is 0 Å². The predicted molar refractivity (Wildman–Crippen MR) is 121 cm³/mol. The molecular weight excluding hydrogens is 451 g/mol. The highest BCUT2D eigenvalue weighted by Gasteiger charge is 2.25. The summed E-state index contributed by atoms with van der Waals surface area (Å²) in [5.41, 5.74) is 1.42. The highest BCUT2D eigenvalue weighted by molar-refractivity contribution is 7.81. The van der Waals surface area contributed by atoms with E-state index < -0.39 is 17.2 Å². The number of amides is 1. The number of halogens is 2. The molecule has 152 valence electrons. The zero-order chi connectivity index (χ0) is 21.0. The van der Waals surface area contributed by atoms with E-state index in [1.165, 1.54) is 6.07 Å². The summed E-state index contributed by atoms with van der Waals surface area (Å²) in [6.07, 6.45) is 0.682. The Balaban J connectivity index is 1.99. The van der Waals surface area contributed by atoms with Crippen molar-refractivity contribution in [3.63, 3.8) is 0 Å². The Morgan fingerprint density at radius 2 is 1.90 bits per heavy atom. The number of carbonyl (C=O) groups is 1. The van der Waals surface area contributed by atoms with E-state index in [0.29, 0.717) is 20.8 Å². The van der Waals surface area contributed by atoms with Crippen LogP contribution in [0.5, 0.6) is 0 Å². The first-order chi connectivity index (χ1) is 13.9. The molecule has 29 heavy (non-hydrogen) atoms.